The van der Waals surface area contributed by atoms with Crippen LogP contribution in [0, 0.1) is 0 Å². The summed E-state index contributed by atoms with van der Waals surface area (Å²) in [7, 11) is 0. The number of carbonyl (C=O) groups excluding carboxylic acids is 2. The summed E-state index contributed by atoms with van der Waals surface area (Å²) in [5.74, 6) is -1.78. The molecular weight excluding hydrogens is 440 g/mol. The van der Waals surface area contributed by atoms with Gasteiger partial charge in [-0.05, 0) is 22.3 Å². The van der Waals surface area contributed by atoms with Gasteiger partial charge < -0.3 is 30.3 Å². The molecular formula is C25H28N2O7. The third-order valence-corrected chi connectivity index (χ3v) is 6.37. The molecule has 2 amide bonds. The minimum absolute atomic E-state index is 0.108. The van der Waals surface area contributed by atoms with Gasteiger partial charge in [-0.25, -0.2) is 4.79 Å². The molecule has 1 saturated heterocycles. The van der Waals surface area contributed by atoms with Gasteiger partial charge in [-0.1, -0.05) is 48.5 Å². The van der Waals surface area contributed by atoms with E-state index in [-0.39, 0.29) is 45.1 Å². The molecule has 2 aromatic carbocycles. The summed E-state index contributed by atoms with van der Waals surface area (Å²) in [4.78, 5) is 36.5. The van der Waals surface area contributed by atoms with E-state index in [2.05, 4.69) is 10.6 Å². The van der Waals surface area contributed by atoms with Crippen LogP contribution in [0.2, 0.25) is 0 Å². The fraction of sp³-hybridized carbons (Fsp3) is 0.400. The number of rotatable bonds is 8. The number of hydrogen-bond acceptors (Lipinski definition) is 6. The molecule has 1 atom stereocenters. The molecule has 4 rings (SSSR count). The maximum atomic E-state index is 12.9. The smallest absolute Gasteiger partial charge is 0.408 e. The van der Waals surface area contributed by atoms with Crippen LogP contribution < -0.4 is 10.6 Å². The highest BCUT2D eigenvalue weighted by molar-refractivity contribution is 5.90. The quantitative estimate of drug-likeness (QED) is 0.466. The Hall–Kier alpha value is -3.43. The van der Waals surface area contributed by atoms with Crippen molar-refractivity contribution in [2.24, 2.45) is 0 Å². The van der Waals surface area contributed by atoms with Crippen molar-refractivity contribution in [2.45, 2.75) is 36.8 Å². The van der Waals surface area contributed by atoms with Crippen LogP contribution in [-0.4, -0.2) is 66.2 Å². The molecule has 9 heteroatoms. The maximum Gasteiger partial charge on any atom is 0.408 e. The van der Waals surface area contributed by atoms with Gasteiger partial charge in [0, 0.05) is 38.5 Å². The number of carboxylic acids is 1. The van der Waals surface area contributed by atoms with E-state index in [0.29, 0.717) is 0 Å². The van der Waals surface area contributed by atoms with Gasteiger partial charge in [-0.2, -0.15) is 0 Å². The zero-order valence-corrected chi connectivity index (χ0v) is 18.7. The number of ether oxygens (including phenoxy) is 2. The lowest BCUT2D eigenvalue weighted by molar-refractivity contribution is -0.140. The number of nitrogens with one attached hydrogen (secondary N) is 2. The van der Waals surface area contributed by atoms with Crippen molar-refractivity contribution in [3.8, 4) is 11.1 Å². The van der Waals surface area contributed by atoms with E-state index in [1.54, 1.807) is 0 Å². The van der Waals surface area contributed by atoms with Crippen molar-refractivity contribution < 1.29 is 34.1 Å². The van der Waals surface area contributed by atoms with Crippen molar-refractivity contribution >= 4 is 18.0 Å². The maximum absolute atomic E-state index is 12.9. The number of alkyl carbamates (subject to hydrolysis) is 1. The Kier molecular flexibility index (Phi) is 7.14. The SMILES string of the molecule is O=C(O)CC(O)CNC(=O)C1(NC(=O)OCC2c3ccccc3-c3ccccc32)CCOCC1. The lowest BCUT2D eigenvalue weighted by Crippen LogP contribution is -2.62. The molecule has 180 valence electrons. The van der Waals surface area contributed by atoms with E-state index in [4.69, 9.17) is 14.6 Å². The average Bonchev–Trinajstić information content (AvgIpc) is 3.15. The van der Waals surface area contributed by atoms with Crippen molar-refractivity contribution in [2.75, 3.05) is 26.4 Å². The van der Waals surface area contributed by atoms with E-state index in [0.717, 1.165) is 22.3 Å². The molecule has 1 aliphatic carbocycles. The molecule has 1 aliphatic heterocycles. The molecule has 0 radical (unpaired) electrons. The summed E-state index contributed by atoms with van der Waals surface area (Å²) < 4.78 is 11.0. The molecule has 2 aromatic rings. The minimum atomic E-state index is -1.26. The van der Waals surface area contributed by atoms with Gasteiger partial charge in [0.15, 0.2) is 0 Å². The van der Waals surface area contributed by atoms with E-state index in [1.165, 1.54) is 0 Å². The van der Waals surface area contributed by atoms with Crippen molar-refractivity contribution in [1.82, 2.24) is 10.6 Å². The predicted octanol–water partition coefficient (Wildman–Crippen LogP) is 2.03. The first-order chi connectivity index (χ1) is 16.4. The number of amides is 2. The number of carbonyl (C=O) groups is 3. The van der Waals surface area contributed by atoms with E-state index in [1.807, 2.05) is 48.5 Å². The lowest BCUT2D eigenvalue weighted by Gasteiger charge is -2.36. The molecule has 0 saturated carbocycles. The summed E-state index contributed by atoms with van der Waals surface area (Å²) in [6.45, 7) is 0.426. The molecule has 4 N–H and O–H groups in total. The Morgan fingerprint density at radius 1 is 1.03 bits per heavy atom. The van der Waals surface area contributed by atoms with Crippen LogP contribution in [0.25, 0.3) is 11.1 Å². The Labute approximate surface area is 197 Å². The third kappa shape index (κ3) is 5.05. The highest BCUT2D eigenvalue weighted by Crippen LogP contribution is 2.44. The van der Waals surface area contributed by atoms with Gasteiger partial charge in [0.1, 0.15) is 12.1 Å². The number of aliphatic hydroxyl groups excluding tert-OH is 1. The fourth-order valence-corrected chi connectivity index (χ4v) is 4.61. The normalized spacial score (nSPS) is 17.2. The summed E-state index contributed by atoms with van der Waals surface area (Å²) in [6.07, 6.45) is -1.97. The number of carboxylic acid groups (broad SMARTS) is 1. The Morgan fingerprint density at radius 2 is 1.62 bits per heavy atom. The van der Waals surface area contributed by atoms with Gasteiger partial charge in [-0.3, -0.25) is 9.59 Å². The Morgan fingerprint density at radius 3 is 2.21 bits per heavy atom. The fourth-order valence-electron chi connectivity index (χ4n) is 4.61. The monoisotopic (exact) mass is 468 g/mol. The highest BCUT2D eigenvalue weighted by atomic mass is 16.5. The van der Waals surface area contributed by atoms with E-state index >= 15 is 0 Å². The molecule has 0 spiro atoms. The van der Waals surface area contributed by atoms with Crippen LogP contribution in [-0.2, 0) is 19.1 Å². The predicted molar refractivity (Wildman–Crippen MR) is 122 cm³/mol. The number of aliphatic hydroxyl groups is 1. The van der Waals surface area contributed by atoms with Crippen LogP contribution in [0.3, 0.4) is 0 Å². The highest BCUT2D eigenvalue weighted by Gasteiger charge is 2.42. The van der Waals surface area contributed by atoms with Crippen LogP contribution in [0.1, 0.15) is 36.3 Å². The van der Waals surface area contributed by atoms with Crippen LogP contribution in [0.15, 0.2) is 48.5 Å². The molecule has 2 aliphatic rings. The van der Waals surface area contributed by atoms with Gasteiger partial charge in [0.25, 0.3) is 0 Å². The van der Waals surface area contributed by atoms with Gasteiger partial charge >= 0.3 is 12.1 Å². The van der Waals surface area contributed by atoms with Crippen molar-refractivity contribution in [3.05, 3.63) is 59.7 Å². The lowest BCUT2D eigenvalue weighted by atomic mass is 9.89. The van der Waals surface area contributed by atoms with Crippen LogP contribution in [0.5, 0.6) is 0 Å². The second-order valence-corrected chi connectivity index (χ2v) is 8.61. The number of aliphatic carboxylic acids is 1. The first-order valence-electron chi connectivity index (χ1n) is 11.3. The molecule has 0 aromatic heterocycles. The van der Waals surface area contributed by atoms with Crippen molar-refractivity contribution in [3.63, 3.8) is 0 Å². The first kappa shape index (κ1) is 23.7. The molecule has 1 fully saturated rings. The molecule has 9 nitrogen and oxygen atoms in total. The van der Waals surface area contributed by atoms with E-state index in [9.17, 15) is 19.5 Å². The largest absolute Gasteiger partial charge is 0.481 e. The zero-order chi connectivity index (χ0) is 24.1. The number of fused-ring (bicyclic) bond motifs is 3. The Balaban J connectivity index is 1.41. The van der Waals surface area contributed by atoms with Crippen LogP contribution in [0.4, 0.5) is 4.79 Å². The van der Waals surface area contributed by atoms with Gasteiger partial charge in [0.2, 0.25) is 5.91 Å². The summed E-state index contributed by atoms with van der Waals surface area (Å²) >= 11 is 0. The molecule has 1 heterocycles. The summed E-state index contributed by atoms with van der Waals surface area (Å²) in [5, 5.41) is 23.8. The zero-order valence-electron chi connectivity index (χ0n) is 18.7. The third-order valence-electron chi connectivity index (χ3n) is 6.37. The second kappa shape index (κ2) is 10.2. The standard InChI is InChI=1S/C25H28N2O7/c28-16(13-22(29)30)14-26-23(31)25(9-11-33-12-10-25)27-24(32)34-15-21-19-7-3-1-5-17(19)18-6-2-4-8-20(18)21/h1-8,16,21,28H,9-15H2,(H,26,31)(H,27,32)(H,29,30). The molecule has 1 unspecified atom stereocenters. The minimum Gasteiger partial charge on any atom is -0.481 e. The van der Waals surface area contributed by atoms with Gasteiger partial charge in [-0.15, -0.1) is 0 Å². The number of benzene rings is 2. The van der Waals surface area contributed by atoms with Crippen molar-refractivity contribution in [1.29, 1.82) is 0 Å². The topological polar surface area (TPSA) is 134 Å². The number of hydrogen-bond donors (Lipinski definition) is 4. The van der Waals surface area contributed by atoms with E-state index < -0.39 is 36.0 Å². The van der Waals surface area contributed by atoms with Crippen LogP contribution >= 0.6 is 0 Å². The average molecular weight is 469 g/mol. The molecule has 0 bridgehead atoms. The Bertz CT molecular complexity index is 1020. The second-order valence-electron chi connectivity index (χ2n) is 8.61. The summed E-state index contributed by atoms with van der Waals surface area (Å²) in [5.41, 5.74) is 3.15. The summed E-state index contributed by atoms with van der Waals surface area (Å²) in [6, 6.07) is 16.0. The molecule has 34 heavy (non-hydrogen) atoms. The van der Waals surface area contributed by atoms with Gasteiger partial charge in [0.05, 0.1) is 12.5 Å². The first-order valence-corrected chi connectivity index (χ1v) is 11.3.